The molecule has 1 aliphatic heterocycles. The Bertz CT molecular complexity index is 933. The number of nitrogens with zero attached hydrogens (tertiary/aromatic N) is 2. The molecule has 1 saturated carbocycles. The van der Waals surface area contributed by atoms with E-state index in [9.17, 15) is 9.59 Å². The van der Waals surface area contributed by atoms with E-state index in [0.29, 0.717) is 18.1 Å². The van der Waals surface area contributed by atoms with Crippen molar-refractivity contribution in [3.8, 4) is 0 Å². The third kappa shape index (κ3) is 4.16. The summed E-state index contributed by atoms with van der Waals surface area (Å²) in [6.07, 6.45) is 2.94. The molecule has 4 rings (SSSR count). The van der Waals surface area contributed by atoms with Crippen LogP contribution in [0.3, 0.4) is 0 Å². The Morgan fingerprint density at radius 1 is 1.34 bits per heavy atom. The van der Waals surface area contributed by atoms with Gasteiger partial charge in [-0.3, -0.25) is 9.59 Å². The van der Waals surface area contributed by atoms with E-state index in [0.717, 1.165) is 49.2 Å². The molecule has 2 aliphatic rings. The molecule has 0 radical (unpaired) electrons. The van der Waals surface area contributed by atoms with Crippen molar-refractivity contribution in [2.24, 2.45) is 17.3 Å². The van der Waals surface area contributed by atoms with Gasteiger partial charge in [0.05, 0.1) is 23.6 Å². The maximum absolute atomic E-state index is 13.1. The second-order valence-corrected chi connectivity index (χ2v) is 9.53. The van der Waals surface area contributed by atoms with Crippen LogP contribution < -0.4 is 0 Å². The smallest absolute Gasteiger partial charge is 0.309 e. The Morgan fingerprint density at radius 2 is 2.14 bits per heavy atom. The highest BCUT2D eigenvalue weighted by atomic mass is 16.5. The standard InChI is InChI=1S/C23H31N3O3/c1-5-29-22(28)17-11-16(17)20-24-18-7-6-15(10-19(18)25-20)21(27)26-9-8-23(3,4)12-14(2)13-26/h6-7,10,14,16-17H,5,8-9,11-13H2,1-4H3,(H,24,25). The van der Waals surface area contributed by atoms with Crippen molar-refractivity contribution in [1.29, 1.82) is 0 Å². The van der Waals surface area contributed by atoms with E-state index in [-0.39, 0.29) is 29.1 Å². The van der Waals surface area contributed by atoms with Gasteiger partial charge >= 0.3 is 5.97 Å². The molecule has 2 heterocycles. The molecule has 6 nitrogen and oxygen atoms in total. The Morgan fingerprint density at radius 3 is 2.90 bits per heavy atom. The highest BCUT2D eigenvalue weighted by Crippen LogP contribution is 2.47. The van der Waals surface area contributed by atoms with Gasteiger partial charge in [0.15, 0.2) is 0 Å². The maximum Gasteiger partial charge on any atom is 0.309 e. The minimum absolute atomic E-state index is 0.0865. The SMILES string of the molecule is CCOC(=O)C1CC1c1nc2ccc(C(=O)N3CCC(C)(C)CC(C)C3)cc2[nH]1. The zero-order valence-electron chi connectivity index (χ0n) is 17.8. The summed E-state index contributed by atoms with van der Waals surface area (Å²) in [5.74, 6) is 1.24. The summed E-state index contributed by atoms with van der Waals surface area (Å²) in [7, 11) is 0. The molecule has 1 N–H and O–H groups in total. The lowest BCUT2D eigenvalue weighted by Crippen LogP contribution is -2.34. The second kappa shape index (κ2) is 7.47. The maximum atomic E-state index is 13.1. The van der Waals surface area contributed by atoms with Gasteiger partial charge in [-0.1, -0.05) is 20.8 Å². The van der Waals surface area contributed by atoms with Gasteiger partial charge in [-0.15, -0.1) is 0 Å². The zero-order valence-corrected chi connectivity index (χ0v) is 17.8. The molecule has 3 unspecified atom stereocenters. The number of ether oxygens (including phenoxy) is 1. The molecule has 0 spiro atoms. The summed E-state index contributed by atoms with van der Waals surface area (Å²) in [6.45, 7) is 10.6. The lowest BCUT2D eigenvalue weighted by atomic mass is 9.82. The summed E-state index contributed by atoms with van der Waals surface area (Å²) < 4.78 is 5.11. The number of nitrogens with one attached hydrogen (secondary N) is 1. The van der Waals surface area contributed by atoms with Crippen LogP contribution in [-0.2, 0) is 9.53 Å². The summed E-state index contributed by atoms with van der Waals surface area (Å²) in [5.41, 5.74) is 2.65. The van der Waals surface area contributed by atoms with E-state index in [1.165, 1.54) is 0 Å². The molecular weight excluding hydrogens is 366 g/mol. The van der Waals surface area contributed by atoms with Crippen LogP contribution in [0.2, 0.25) is 0 Å². The summed E-state index contributed by atoms with van der Waals surface area (Å²) in [4.78, 5) is 35.0. The number of H-pyrrole nitrogens is 1. The molecule has 6 heteroatoms. The number of hydrogen-bond acceptors (Lipinski definition) is 4. The molecule has 3 atom stereocenters. The number of aromatic amines is 1. The van der Waals surface area contributed by atoms with Gasteiger partial charge in [0.1, 0.15) is 5.82 Å². The van der Waals surface area contributed by atoms with Crippen LogP contribution in [0.1, 0.15) is 69.1 Å². The predicted molar refractivity (Wildman–Crippen MR) is 112 cm³/mol. The lowest BCUT2D eigenvalue weighted by Gasteiger charge is -2.23. The number of rotatable bonds is 4. The zero-order chi connectivity index (χ0) is 20.8. The monoisotopic (exact) mass is 397 g/mol. The molecule has 1 aliphatic carbocycles. The molecule has 29 heavy (non-hydrogen) atoms. The van der Waals surface area contributed by atoms with E-state index in [2.05, 4.69) is 30.7 Å². The van der Waals surface area contributed by atoms with E-state index in [1.807, 2.05) is 30.0 Å². The van der Waals surface area contributed by atoms with Crippen LogP contribution in [0.5, 0.6) is 0 Å². The van der Waals surface area contributed by atoms with Crippen LogP contribution in [0.25, 0.3) is 11.0 Å². The first-order chi connectivity index (χ1) is 13.8. The Labute approximate surface area is 172 Å². The fourth-order valence-electron chi connectivity index (χ4n) is 4.73. The number of carbonyl (C=O) groups is 2. The van der Waals surface area contributed by atoms with E-state index in [4.69, 9.17) is 4.74 Å². The molecule has 156 valence electrons. The van der Waals surface area contributed by atoms with Gasteiger partial charge in [-0.05, 0) is 55.7 Å². The minimum atomic E-state index is -0.146. The molecule has 1 amide bonds. The van der Waals surface area contributed by atoms with Gasteiger partial charge in [-0.25, -0.2) is 4.98 Å². The fraction of sp³-hybridized carbons (Fsp3) is 0.609. The Balaban J connectivity index is 1.50. The fourth-order valence-corrected chi connectivity index (χ4v) is 4.73. The van der Waals surface area contributed by atoms with E-state index < -0.39 is 0 Å². The average molecular weight is 398 g/mol. The van der Waals surface area contributed by atoms with Crippen molar-refractivity contribution in [1.82, 2.24) is 14.9 Å². The lowest BCUT2D eigenvalue weighted by molar-refractivity contribution is -0.144. The third-order valence-corrected chi connectivity index (χ3v) is 6.26. The van der Waals surface area contributed by atoms with Gasteiger partial charge in [0.2, 0.25) is 0 Å². The van der Waals surface area contributed by atoms with Crippen LogP contribution in [0, 0.1) is 17.3 Å². The number of aromatic nitrogens is 2. The van der Waals surface area contributed by atoms with E-state index in [1.54, 1.807) is 0 Å². The molecule has 2 aromatic rings. The number of carbonyl (C=O) groups excluding carboxylic acids is 2. The number of fused-ring (bicyclic) bond motifs is 1. The van der Waals surface area contributed by atoms with Gasteiger partial charge in [0.25, 0.3) is 5.91 Å². The predicted octanol–water partition coefficient (Wildman–Crippen LogP) is 4.13. The minimum Gasteiger partial charge on any atom is -0.466 e. The van der Waals surface area contributed by atoms with Crippen molar-refractivity contribution < 1.29 is 14.3 Å². The Hall–Kier alpha value is -2.37. The summed E-state index contributed by atoms with van der Waals surface area (Å²) in [5, 5.41) is 0. The molecule has 1 aromatic heterocycles. The first kappa shape index (κ1) is 19.9. The molecular formula is C23H31N3O3. The normalized spacial score (nSPS) is 26.2. The van der Waals surface area contributed by atoms with Crippen molar-refractivity contribution >= 4 is 22.9 Å². The van der Waals surface area contributed by atoms with Crippen molar-refractivity contribution in [2.75, 3.05) is 19.7 Å². The van der Waals surface area contributed by atoms with Gasteiger partial charge in [0, 0.05) is 24.6 Å². The number of likely N-dealkylation sites (tertiary alicyclic amines) is 1. The number of amides is 1. The van der Waals surface area contributed by atoms with Crippen LogP contribution in [0.4, 0.5) is 0 Å². The Kier molecular flexibility index (Phi) is 5.13. The van der Waals surface area contributed by atoms with Gasteiger partial charge in [-0.2, -0.15) is 0 Å². The largest absolute Gasteiger partial charge is 0.466 e. The quantitative estimate of drug-likeness (QED) is 0.787. The average Bonchev–Trinajstić information content (AvgIpc) is 3.38. The summed E-state index contributed by atoms with van der Waals surface area (Å²) >= 11 is 0. The first-order valence-electron chi connectivity index (χ1n) is 10.7. The van der Waals surface area contributed by atoms with Crippen molar-refractivity contribution in [2.45, 2.75) is 52.9 Å². The topological polar surface area (TPSA) is 75.3 Å². The molecule has 1 saturated heterocycles. The highest BCUT2D eigenvalue weighted by Gasteiger charge is 2.47. The number of esters is 1. The van der Waals surface area contributed by atoms with Crippen molar-refractivity contribution in [3.05, 3.63) is 29.6 Å². The molecule has 1 aromatic carbocycles. The number of hydrogen-bond donors (Lipinski definition) is 1. The number of benzene rings is 1. The highest BCUT2D eigenvalue weighted by molar-refractivity contribution is 5.97. The van der Waals surface area contributed by atoms with Crippen LogP contribution >= 0.6 is 0 Å². The third-order valence-electron chi connectivity index (χ3n) is 6.26. The number of imidazole rings is 1. The van der Waals surface area contributed by atoms with Gasteiger partial charge < -0.3 is 14.6 Å². The second-order valence-electron chi connectivity index (χ2n) is 9.53. The van der Waals surface area contributed by atoms with E-state index >= 15 is 0 Å². The van der Waals surface area contributed by atoms with Crippen LogP contribution in [-0.4, -0.2) is 46.4 Å². The molecule has 2 fully saturated rings. The summed E-state index contributed by atoms with van der Waals surface area (Å²) in [6, 6.07) is 5.66. The van der Waals surface area contributed by atoms with Crippen LogP contribution in [0.15, 0.2) is 18.2 Å². The van der Waals surface area contributed by atoms with Crippen molar-refractivity contribution in [3.63, 3.8) is 0 Å². The first-order valence-corrected chi connectivity index (χ1v) is 10.7. The molecule has 0 bridgehead atoms.